The van der Waals surface area contributed by atoms with E-state index in [0.29, 0.717) is 22.8 Å². The van der Waals surface area contributed by atoms with Crippen LogP contribution in [-0.4, -0.2) is 47.9 Å². The number of carbonyl (C=O) groups is 3. The number of ether oxygens (including phenoxy) is 1. The van der Waals surface area contributed by atoms with Crippen LogP contribution in [0.4, 0.5) is 10.5 Å². The van der Waals surface area contributed by atoms with Crippen molar-refractivity contribution in [3.63, 3.8) is 0 Å². The highest BCUT2D eigenvalue weighted by atomic mass is 32.2. The second-order valence-corrected chi connectivity index (χ2v) is 11.8. The summed E-state index contributed by atoms with van der Waals surface area (Å²) in [5.41, 5.74) is 2.49. The van der Waals surface area contributed by atoms with Gasteiger partial charge in [-0.3, -0.25) is 14.5 Å². The Kier molecular flexibility index (Phi) is 7.29. The lowest BCUT2D eigenvalue weighted by Gasteiger charge is -2.46. The van der Waals surface area contributed by atoms with Gasteiger partial charge in [0.15, 0.2) is 0 Å². The van der Waals surface area contributed by atoms with Crippen molar-refractivity contribution in [3.05, 3.63) is 77.4 Å². The Balaban J connectivity index is 1.19. The zero-order chi connectivity index (χ0) is 27.8. The van der Waals surface area contributed by atoms with Crippen molar-refractivity contribution in [1.82, 2.24) is 21.3 Å². The molecule has 9 nitrogen and oxygen atoms in total. The molecule has 1 aliphatic carbocycles. The number of para-hydroxylation sites is 1. The first-order valence-electron chi connectivity index (χ1n) is 13.7. The van der Waals surface area contributed by atoms with Crippen molar-refractivity contribution in [2.24, 2.45) is 5.92 Å². The number of anilines is 1. The number of amides is 4. The first kappa shape index (κ1) is 26.5. The minimum Gasteiger partial charge on any atom is -0.457 e. The van der Waals surface area contributed by atoms with E-state index in [-0.39, 0.29) is 47.3 Å². The molecule has 10 heteroatoms. The summed E-state index contributed by atoms with van der Waals surface area (Å²) >= 11 is 1.50. The summed E-state index contributed by atoms with van der Waals surface area (Å²) in [5.74, 6) is 1.08. The second kappa shape index (κ2) is 11.0. The molecular formula is C30H33N5O4S. The van der Waals surface area contributed by atoms with Crippen LogP contribution in [0.5, 0.6) is 11.5 Å². The quantitative estimate of drug-likeness (QED) is 0.383. The molecular weight excluding hydrogens is 526 g/mol. The van der Waals surface area contributed by atoms with Crippen molar-refractivity contribution in [3.8, 4) is 11.5 Å². The van der Waals surface area contributed by atoms with E-state index in [1.807, 2.05) is 60.4 Å². The van der Waals surface area contributed by atoms with Gasteiger partial charge in [0, 0.05) is 29.4 Å². The number of nitrogens with zero attached hydrogens (tertiary/aromatic N) is 1. The van der Waals surface area contributed by atoms with Crippen LogP contribution in [-0.2, 0) is 9.59 Å². The van der Waals surface area contributed by atoms with Gasteiger partial charge in [-0.25, -0.2) is 4.79 Å². The summed E-state index contributed by atoms with van der Waals surface area (Å²) < 4.78 is 6.00. The van der Waals surface area contributed by atoms with E-state index < -0.39 is 0 Å². The number of carbonyl (C=O) groups excluding carboxylic acids is 3. The van der Waals surface area contributed by atoms with Crippen LogP contribution in [0.3, 0.4) is 0 Å². The van der Waals surface area contributed by atoms with E-state index in [2.05, 4.69) is 27.8 Å². The zero-order valence-corrected chi connectivity index (χ0v) is 23.1. The van der Waals surface area contributed by atoms with Crippen LogP contribution in [0.25, 0.3) is 0 Å². The van der Waals surface area contributed by atoms with Crippen molar-refractivity contribution in [1.29, 1.82) is 0 Å². The number of benzene rings is 2. The largest absolute Gasteiger partial charge is 0.457 e. The summed E-state index contributed by atoms with van der Waals surface area (Å²) in [4.78, 5) is 41.1. The molecule has 40 heavy (non-hydrogen) atoms. The lowest BCUT2D eigenvalue weighted by atomic mass is 9.86. The third-order valence-corrected chi connectivity index (χ3v) is 9.41. The highest BCUT2D eigenvalue weighted by Gasteiger charge is 2.52. The number of rotatable bonds is 7. The summed E-state index contributed by atoms with van der Waals surface area (Å²) in [6, 6.07) is 15.1. The van der Waals surface area contributed by atoms with E-state index in [1.54, 1.807) is 0 Å². The molecule has 1 saturated carbocycles. The first-order valence-corrected chi connectivity index (χ1v) is 14.6. The average molecular weight is 560 g/mol. The van der Waals surface area contributed by atoms with Crippen molar-refractivity contribution < 1.29 is 19.1 Å². The van der Waals surface area contributed by atoms with Gasteiger partial charge in [-0.2, -0.15) is 0 Å². The third kappa shape index (κ3) is 5.09. The number of piperidine rings is 1. The monoisotopic (exact) mass is 559 g/mol. The molecule has 0 radical (unpaired) electrons. The first-order chi connectivity index (χ1) is 19.4. The molecule has 4 amide bonds. The molecule has 208 valence electrons. The second-order valence-electron chi connectivity index (χ2n) is 10.7. The minimum absolute atomic E-state index is 0.00167. The summed E-state index contributed by atoms with van der Waals surface area (Å²) in [7, 11) is 0. The highest BCUT2D eigenvalue weighted by molar-refractivity contribution is 8.04. The Hall–Kier alpha value is -3.76. The maximum Gasteiger partial charge on any atom is 0.326 e. The molecule has 3 fully saturated rings. The number of hydrogen-bond donors (Lipinski definition) is 4. The van der Waals surface area contributed by atoms with E-state index in [4.69, 9.17) is 4.74 Å². The minimum atomic E-state index is -0.224. The standard InChI is InChI=1S/C30H33N5O4S/c1-3-24(36)32-18-9-10-19(16-18)33-28(37)27-26-25-23(13-14-31-29(25)40-27)35(30(38)34-26)22-12-11-21(15-17(22)2)39-20-7-5-4-6-8-20/h3-8,11-12,15,18-19,23,25,29,31H,1,9-10,13-14,16H2,2H3,(H,32,36)(H,33,37)(H,34,38)/t18-,19-,23?,25?,29?/m1/s1. The van der Waals surface area contributed by atoms with Crippen LogP contribution in [0.1, 0.15) is 31.2 Å². The Labute approximate surface area is 237 Å². The van der Waals surface area contributed by atoms with Gasteiger partial charge < -0.3 is 26.0 Å². The average Bonchev–Trinajstić information content (AvgIpc) is 3.55. The summed E-state index contributed by atoms with van der Waals surface area (Å²) in [5, 5.41) is 12.7. The molecule has 6 rings (SSSR count). The molecule has 2 aromatic rings. The molecule has 0 aromatic heterocycles. The Bertz CT molecular complexity index is 1380. The van der Waals surface area contributed by atoms with Gasteiger partial charge in [0.25, 0.3) is 5.91 Å². The molecule has 0 spiro atoms. The smallest absolute Gasteiger partial charge is 0.326 e. The van der Waals surface area contributed by atoms with Gasteiger partial charge in [0.1, 0.15) is 11.5 Å². The lowest BCUT2D eigenvalue weighted by molar-refractivity contribution is -0.117. The topological polar surface area (TPSA) is 112 Å². The van der Waals surface area contributed by atoms with Gasteiger partial charge in [-0.15, -0.1) is 0 Å². The predicted octanol–water partition coefficient (Wildman–Crippen LogP) is 3.92. The molecule has 4 aliphatic rings. The molecule has 5 atom stereocenters. The van der Waals surface area contributed by atoms with Crippen molar-refractivity contribution >= 4 is 35.3 Å². The van der Waals surface area contributed by atoms with Crippen LogP contribution in [0.2, 0.25) is 0 Å². The zero-order valence-electron chi connectivity index (χ0n) is 22.3. The fraction of sp³-hybridized carbons (Fsp3) is 0.367. The normalized spacial score (nSPS) is 27.1. The number of aryl methyl sites for hydroxylation is 1. The molecule has 2 aromatic carbocycles. The van der Waals surface area contributed by atoms with Gasteiger partial charge in [0.2, 0.25) is 5.91 Å². The number of urea groups is 1. The molecule has 3 aliphatic heterocycles. The number of hydrogen-bond acceptors (Lipinski definition) is 6. The summed E-state index contributed by atoms with van der Waals surface area (Å²) in [6.07, 6.45) is 4.32. The predicted molar refractivity (Wildman–Crippen MR) is 155 cm³/mol. The fourth-order valence-corrected chi connectivity index (χ4v) is 7.64. The van der Waals surface area contributed by atoms with Gasteiger partial charge in [-0.05, 0) is 81.1 Å². The van der Waals surface area contributed by atoms with Crippen molar-refractivity contribution in [2.75, 3.05) is 11.4 Å². The van der Waals surface area contributed by atoms with Crippen LogP contribution in [0, 0.1) is 12.8 Å². The van der Waals surface area contributed by atoms with E-state index in [1.165, 1.54) is 17.8 Å². The lowest BCUT2D eigenvalue weighted by Crippen LogP contribution is -2.62. The third-order valence-electron chi connectivity index (χ3n) is 8.05. The SMILES string of the molecule is C=CC(=O)N[C@@H]1CC[C@@H](NC(=O)C2=C3NC(=O)N(c4ccc(Oc5ccccc5)cc4C)C4CCNC(S2)C34)C1. The number of thioether (sulfide) groups is 1. The molecule has 0 bridgehead atoms. The molecule has 2 saturated heterocycles. The van der Waals surface area contributed by atoms with Gasteiger partial charge >= 0.3 is 6.03 Å². The Morgan fingerprint density at radius 2 is 1.85 bits per heavy atom. The fourth-order valence-electron chi connectivity index (χ4n) is 6.24. The molecule has 3 heterocycles. The Morgan fingerprint density at radius 3 is 2.60 bits per heavy atom. The van der Waals surface area contributed by atoms with Crippen LogP contribution >= 0.6 is 11.8 Å². The van der Waals surface area contributed by atoms with Crippen LogP contribution in [0.15, 0.2) is 71.8 Å². The van der Waals surface area contributed by atoms with Crippen molar-refractivity contribution in [2.45, 2.75) is 56.1 Å². The molecule has 4 N–H and O–H groups in total. The van der Waals surface area contributed by atoms with E-state index >= 15 is 0 Å². The molecule has 3 unspecified atom stereocenters. The summed E-state index contributed by atoms with van der Waals surface area (Å²) in [6.45, 7) is 6.24. The van der Waals surface area contributed by atoms with E-state index in [9.17, 15) is 14.4 Å². The Morgan fingerprint density at radius 1 is 1.07 bits per heavy atom. The van der Waals surface area contributed by atoms with Crippen LogP contribution < -0.4 is 30.9 Å². The van der Waals surface area contributed by atoms with Gasteiger partial charge in [-0.1, -0.05) is 36.5 Å². The highest BCUT2D eigenvalue weighted by Crippen LogP contribution is 2.48. The van der Waals surface area contributed by atoms with E-state index in [0.717, 1.165) is 42.8 Å². The number of nitrogens with one attached hydrogen (secondary N) is 4. The van der Waals surface area contributed by atoms with Gasteiger partial charge in [0.05, 0.1) is 16.3 Å². The maximum absolute atomic E-state index is 13.6. The maximum atomic E-state index is 13.6.